The van der Waals surface area contributed by atoms with Crippen LogP contribution in [-0.2, 0) is 0 Å². The number of hydrogen-bond donors (Lipinski definition) is 0. The van der Waals surface area contributed by atoms with Crippen molar-refractivity contribution in [1.29, 1.82) is 0 Å². The standard InChI is InChI=1S/C27H23ClN2O4/c28-18-8-5-7-17(15-18)24-23-25(31)19-9-1-2-10-21(19)34-26(23)27(32)30(24)16-20(22-11-6-14-33-22)29-12-3-4-13-29/h1-2,5-11,14-15,20,24H,3-4,12-13,16H2/t20-,24+/m1/s1. The molecule has 6 nitrogen and oxygen atoms in total. The van der Waals surface area contributed by atoms with E-state index < -0.39 is 6.04 Å². The van der Waals surface area contributed by atoms with Gasteiger partial charge >= 0.3 is 0 Å². The van der Waals surface area contributed by atoms with E-state index in [0.717, 1.165) is 37.3 Å². The second-order valence-corrected chi connectivity index (χ2v) is 9.30. The summed E-state index contributed by atoms with van der Waals surface area (Å²) in [7, 11) is 0. The minimum absolute atomic E-state index is 0.105. The lowest BCUT2D eigenvalue weighted by Gasteiger charge is -2.33. The molecule has 0 bridgehead atoms. The lowest BCUT2D eigenvalue weighted by Crippen LogP contribution is -2.39. The van der Waals surface area contributed by atoms with Gasteiger partial charge in [-0.05, 0) is 67.9 Å². The van der Waals surface area contributed by atoms with Gasteiger partial charge in [0, 0.05) is 11.6 Å². The van der Waals surface area contributed by atoms with E-state index in [0.29, 0.717) is 28.1 Å². The highest BCUT2D eigenvalue weighted by atomic mass is 35.5. The number of likely N-dealkylation sites (tertiary alicyclic amines) is 1. The molecule has 4 heterocycles. The maximum Gasteiger partial charge on any atom is 0.290 e. The van der Waals surface area contributed by atoms with Gasteiger partial charge in [0.15, 0.2) is 5.43 Å². The molecule has 0 saturated carbocycles. The van der Waals surface area contributed by atoms with Crippen molar-refractivity contribution in [1.82, 2.24) is 9.80 Å². The quantitative estimate of drug-likeness (QED) is 0.386. The molecule has 34 heavy (non-hydrogen) atoms. The second kappa shape index (κ2) is 8.46. The number of carbonyl (C=O) groups is 1. The van der Waals surface area contributed by atoms with E-state index in [1.807, 2.05) is 30.3 Å². The van der Waals surface area contributed by atoms with Gasteiger partial charge in [-0.1, -0.05) is 35.9 Å². The Hall–Kier alpha value is -3.35. The summed E-state index contributed by atoms with van der Waals surface area (Å²) in [6.45, 7) is 2.23. The van der Waals surface area contributed by atoms with Crippen LogP contribution in [0.1, 0.15) is 52.4 Å². The van der Waals surface area contributed by atoms with Gasteiger partial charge < -0.3 is 13.7 Å². The number of nitrogens with zero attached hydrogens (tertiary/aromatic N) is 2. The summed E-state index contributed by atoms with van der Waals surface area (Å²) in [5.74, 6) is 0.617. The summed E-state index contributed by atoms with van der Waals surface area (Å²) in [4.78, 5) is 31.5. The average Bonchev–Trinajstić information content (AvgIpc) is 3.60. The zero-order chi connectivity index (χ0) is 23.2. The highest BCUT2D eigenvalue weighted by molar-refractivity contribution is 6.30. The van der Waals surface area contributed by atoms with Gasteiger partial charge in [0.2, 0.25) is 5.76 Å². The first kappa shape index (κ1) is 21.2. The Labute approximate surface area is 201 Å². The van der Waals surface area contributed by atoms with Crippen LogP contribution in [-0.4, -0.2) is 35.3 Å². The number of fused-ring (bicyclic) bond motifs is 2. The van der Waals surface area contributed by atoms with Crippen molar-refractivity contribution in [2.45, 2.75) is 24.9 Å². The molecule has 2 aromatic heterocycles. The lowest BCUT2D eigenvalue weighted by atomic mass is 9.98. The Kier molecular flexibility index (Phi) is 5.27. The summed E-state index contributed by atoms with van der Waals surface area (Å²) in [6, 6.07) is 17.5. The van der Waals surface area contributed by atoms with Crippen molar-refractivity contribution in [2.24, 2.45) is 0 Å². The molecule has 4 aromatic rings. The smallest absolute Gasteiger partial charge is 0.290 e. The molecule has 0 N–H and O–H groups in total. The fraction of sp³-hybridized carbons (Fsp3) is 0.259. The zero-order valence-electron chi connectivity index (χ0n) is 18.4. The number of carbonyl (C=O) groups excluding carboxylic acids is 1. The first-order valence-electron chi connectivity index (χ1n) is 11.5. The number of hydrogen-bond acceptors (Lipinski definition) is 5. The third-order valence-corrected chi connectivity index (χ3v) is 7.10. The van der Waals surface area contributed by atoms with E-state index in [1.54, 1.807) is 41.5 Å². The summed E-state index contributed by atoms with van der Waals surface area (Å²) < 4.78 is 11.8. The molecule has 0 radical (unpaired) electrons. The maximum absolute atomic E-state index is 13.8. The van der Waals surface area contributed by atoms with Crippen LogP contribution in [0.15, 0.2) is 80.6 Å². The molecule has 1 saturated heterocycles. The van der Waals surface area contributed by atoms with Crippen molar-refractivity contribution in [2.75, 3.05) is 19.6 Å². The third kappa shape index (κ3) is 3.45. The molecule has 0 aliphatic carbocycles. The van der Waals surface area contributed by atoms with Crippen molar-refractivity contribution < 1.29 is 13.6 Å². The van der Waals surface area contributed by atoms with Crippen LogP contribution in [0.4, 0.5) is 0 Å². The van der Waals surface area contributed by atoms with E-state index in [9.17, 15) is 9.59 Å². The molecular formula is C27H23ClN2O4. The number of furan rings is 1. The van der Waals surface area contributed by atoms with Gasteiger partial charge in [-0.15, -0.1) is 0 Å². The monoisotopic (exact) mass is 474 g/mol. The van der Waals surface area contributed by atoms with Gasteiger partial charge in [-0.2, -0.15) is 0 Å². The van der Waals surface area contributed by atoms with E-state index in [4.69, 9.17) is 20.4 Å². The number of benzene rings is 2. The van der Waals surface area contributed by atoms with Crippen LogP contribution in [0.5, 0.6) is 0 Å². The molecule has 6 rings (SSSR count). The lowest BCUT2D eigenvalue weighted by molar-refractivity contribution is 0.0644. The molecule has 7 heteroatoms. The molecular weight excluding hydrogens is 452 g/mol. The van der Waals surface area contributed by atoms with Crippen LogP contribution < -0.4 is 5.43 Å². The molecule has 0 unspecified atom stereocenters. The molecule has 2 atom stereocenters. The van der Waals surface area contributed by atoms with Crippen LogP contribution in [0.3, 0.4) is 0 Å². The molecule has 2 aliphatic heterocycles. The predicted molar refractivity (Wildman–Crippen MR) is 129 cm³/mol. The summed E-state index contributed by atoms with van der Waals surface area (Å²) in [6.07, 6.45) is 3.87. The van der Waals surface area contributed by atoms with Gasteiger partial charge in [0.1, 0.15) is 11.3 Å². The third-order valence-electron chi connectivity index (χ3n) is 6.86. The van der Waals surface area contributed by atoms with Gasteiger partial charge in [0.05, 0.1) is 29.3 Å². The number of amides is 1. The number of rotatable bonds is 5. The number of para-hydroxylation sites is 1. The Morgan fingerprint density at radius 2 is 1.82 bits per heavy atom. The summed E-state index contributed by atoms with van der Waals surface area (Å²) in [5, 5.41) is 1.01. The van der Waals surface area contributed by atoms with E-state index in [1.165, 1.54) is 0 Å². The van der Waals surface area contributed by atoms with Crippen molar-refractivity contribution in [3.05, 3.63) is 105 Å². The van der Waals surface area contributed by atoms with Crippen LogP contribution >= 0.6 is 11.6 Å². The minimum Gasteiger partial charge on any atom is -0.468 e. The Morgan fingerprint density at radius 1 is 1.00 bits per heavy atom. The zero-order valence-corrected chi connectivity index (χ0v) is 19.2. The van der Waals surface area contributed by atoms with Gasteiger partial charge in [0.25, 0.3) is 5.91 Å². The maximum atomic E-state index is 13.8. The Bertz CT molecular complexity index is 1420. The first-order chi connectivity index (χ1) is 16.6. The van der Waals surface area contributed by atoms with Crippen LogP contribution in [0.2, 0.25) is 5.02 Å². The van der Waals surface area contributed by atoms with Gasteiger partial charge in [-0.3, -0.25) is 14.5 Å². The molecule has 172 valence electrons. The summed E-state index contributed by atoms with van der Waals surface area (Å²) in [5.41, 5.74) is 1.37. The average molecular weight is 475 g/mol. The molecule has 2 aromatic carbocycles. The van der Waals surface area contributed by atoms with Crippen molar-refractivity contribution in [3.63, 3.8) is 0 Å². The fourth-order valence-corrected chi connectivity index (χ4v) is 5.48. The topological polar surface area (TPSA) is 66.9 Å². The molecule has 2 aliphatic rings. The molecule has 1 amide bonds. The highest BCUT2D eigenvalue weighted by Crippen LogP contribution is 2.41. The van der Waals surface area contributed by atoms with Gasteiger partial charge in [-0.25, -0.2) is 0 Å². The second-order valence-electron chi connectivity index (χ2n) is 8.86. The molecule has 0 spiro atoms. The van der Waals surface area contributed by atoms with E-state index in [2.05, 4.69) is 4.90 Å². The fourth-order valence-electron chi connectivity index (χ4n) is 5.28. The summed E-state index contributed by atoms with van der Waals surface area (Å²) >= 11 is 6.33. The highest BCUT2D eigenvalue weighted by Gasteiger charge is 2.44. The predicted octanol–water partition coefficient (Wildman–Crippen LogP) is 5.42. The Morgan fingerprint density at radius 3 is 2.59 bits per heavy atom. The van der Waals surface area contributed by atoms with Crippen molar-refractivity contribution >= 4 is 28.5 Å². The minimum atomic E-state index is -0.595. The largest absolute Gasteiger partial charge is 0.468 e. The van der Waals surface area contributed by atoms with Crippen molar-refractivity contribution in [3.8, 4) is 0 Å². The SMILES string of the molecule is O=C1c2oc3ccccc3c(=O)c2[C@H](c2cccc(Cl)c2)N1C[C@H](c1ccco1)N1CCCC1. The Balaban J connectivity index is 1.51. The van der Waals surface area contributed by atoms with E-state index in [-0.39, 0.29) is 23.1 Å². The van der Waals surface area contributed by atoms with E-state index >= 15 is 0 Å². The number of halogens is 1. The van der Waals surface area contributed by atoms with Crippen LogP contribution in [0.25, 0.3) is 11.0 Å². The van der Waals surface area contributed by atoms with Crippen LogP contribution in [0, 0.1) is 0 Å². The normalized spacial score (nSPS) is 19.1. The molecule has 1 fully saturated rings. The first-order valence-corrected chi connectivity index (χ1v) is 11.9.